The van der Waals surface area contributed by atoms with Gasteiger partial charge in [0.15, 0.2) is 0 Å². The molecule has 1 aliphatic carbocycles. The molecule has 4 nitrogen and oxygen atoms in total. The highest BCUT2D eigenvalue weighted by molar-refractivity contribution is 5.77. The predicted molar refractivity (Wildman–Crippen MR) is 71.4 cm³/mol. The van der Waals surface area contributed by atoms with E-state index in [1.807, 2.05) is 14.1 Å². The first kappa shape index (κ1) is 13.8. The van der Waals surface area contributed by atoms with Crippen molar-refractivity contribution in [3.05, 3.63) is 0 Å². The molecule has 4 heteroatoms. The van der Waals surface area contributed by atoms with Crippen LogP contribution in [0.3, 0.4) is 0 Å². The van der Waals surface area contributed by atoms with Crippen LogP contribution in [0.1, 0.15) is 32.1 Å². The number of amides is 1. The molecule has 1 aliphatic heterocycles. The van der Waals surface area contributed by atoms with Crippen molar-refractivity contribution < 1.29 is 9.53 Å². The van der Waals surface area contributed by atoms with Gasteiger partial charge in [-0.05, 0) is 32.9 Å². The lowest BCUT2D eigenvalue weighted by Crippen LogP contribution is -2.52. The van der Waals surface area contributed by atoms with Crippen molar-refractivity contribution in [1.82, 2.24) is 9.80 Å². The number of likely N-dealkylation sites (N-methyl/N-ethyl adjacent to an activating group) is 1. The Hall–Kier alpha value is -0.610. The van der Waals surface area contributed by atoms with Crippen LogP contribution in [-0.2, 0) is 9.53 Å². The number of carbonyl (C=O) groups is 1. The Bertz CT molecular complexity index is 275. The topological polar surface area (TPSA) is 32.8 Å². The van der Waals surface area contributed by atoms with Gasteiger partial charge >= 0.3 is 0 Å². The van der Waals surface area contributed by atoms with Crippen LogP contribution >= 0.6 is 0 Å². The van der Waals surface area contributed by atoms with Crippen LogP contribution in [0.4, 0.5) is 0 Å². The second-order valence-corrected chi connectivity index (χ2v) is 5.93. The zero-order valence-corrected chi connectivity index (χ0v) is 11.7. The monoisotopic (exact) mass is 254 g/mol. The Labute approximate surface area is 110 Å². The molecule has 1 saturated heterocycles. The van der Waals surface area contributed by atoms with Crippen molar-refractivity contribution in [3.63, 3.8) is 0 Å². The summed E-state index contributed by atoms with van der Waals surface area (Å²) in [6.45, 7) is 3.05. The number of morpholine rings is 1. The standard InChI is InChI=1S/C14H26N2O2/c1-15(2)10-13-11-18-8-7-16(13)14(17)9-12-5-3-4-6-12/h12-13H,3-11H2,1-2H3/t13-/m1/s1. The number of ether oxygens (including phenoxy) is 1. The van der Waals surface area contributed by atoms with Gasteiger partial charge in [0.05, 0.1) is 19.3 Å². The quantitative estimate of drug-likeness (QED) is 0.759. The lowest BCUT2D eigenvalue weighted by Gasteiger charge is -2.37. The molecular formula is C14H26N2O2. The first-order chi connectivity index (χ1) is 8.66. The highest BCUT2D eigenvalue weighted by atomic mass is 16.5. The fraction of sp³-hybridized carbons (Fsp3) is 0.929. The molecule has 104 valence electrons. The molecule has 0 aromatic heterocycles. The van der Waals surface area contributed by atoms with Gasteiger partial charge in [-0.3, -0.25) is 4.79 Å². The molecule has 0 spiro atoms. The van der Waals surface area contributed by atoms with Gasteiger partial charge in [-0.1, -0.05) is 12.8 Å². The normalized spacial score (nSPS) is 25.9. The summed E-state index contributed by atoms with van der Waals surface area (Å²) in [6, 6.07) is 0.239. The average Bonchev–Trinajstić information content (AvgIpc) is 2.81. The number of carbonyl (C=O) groups excluding carboxylic acids is 1. The van der Waals surface area contributed by atoms with E-state index in [9.17, 15) is 4.79 Å². The zero-order valence-electron chi connectivity index (χ0n) is 11.7. The third kappa shape index (κ3) is 3.69. The van der Waals surface area contributed by atoms with E-state index in [0.29, 0.717) is 25.0 Å². The van der Waals surface area contributed by atoms with Crippen molar-refractivity contribution in [2.24, 2.45) is 5.92 Å². The van der Waals surface area contributed by atoms with Crippen molar-refractivity contribution in [2.45, 2.75) is 38.1 Å². The van der Waals surface area contributed by atoms with Crippen molar-refractivity contribution in [3.8, 4) is 0 Å². The summed E-state index contributed by atoms with van der Waals surface area (Å²) in [5.41, 5.74) is 0. The second kappa shape index (κ2) is 6.53. The Morgan fingerprint density at radius 2 is 2.06 bits per heavy atom. The molecule has 1 atom stereocenters. The van der Waals surface area contributed by atoms with Gasteiger partial charge in [0.1, 0.15) is 0 Å². The molecule has 0 aromatic carbocycles. The Balaban J connectivity index is 1.88. The van der Waals surface area contributed by atoms with E-state index in [4.69, 9.17) is 4.74 Å². The van der Waals surface area contributed by atoms with Crippen LogP contribution in [0.2, 0.25) is 0 Å². The highest BCUT2D eigenvalue weighted by Crippen LogP contribution is 2.28. The molecule has 1 amide bonds. The van der Waals surface area contributed by atoms with Gasteiger partial charge in [-0.2, -0.15) is 0 Å². The summed E-state index contributed by atoms with van der Waals surface area (Å²) < 4.78 is 5.51. The molecule has 0 radical (unpaired) electrons. The Morgan fingerprint density at radius 1 is 1.33 bits per heavy atom. The Kier molecular flexibility index (Phi) is 5.01. The van der Waals surface area contributed by atoms with E-state index in [1.54, 1.807) is 0 Å². The lowest BCUT2D eigenvalue weighted by molar-refractivity contribution is -0.141. The largest absolute Gasteiger partial charge is 0.377 e. The third-order valence-electron chi connectivity index (χ3n) is 4.06. The minimum absolute atomic E-state index is 0.239. The van der Waals surface area contributed by atoms with Crippen LogP contribution in [-0.4, -0.2) is 62.1 Å². The Morgan fingerprint density at radius 3 is 2.72 bits per heavy atom. The van der Waals surface area contributed by atoms with E-state index < -0.39 is 0 Å². The minimum atomic E-state index is 0.239. The molecular weight excluding hydrogens is 228 g/mol. The number of hydrogen-bond donors (Lipinski definition) is 0. The van der Waals surface area contributed by atoms with Crippen LogP contribution in [0, 0.1) is 5.92 Å². The smallest absolute Gasteiger partial charge is 0.223 e. The molecule has 2 aliphatic rings. The summed E-state index contributed by atoms with van der Waals surface area (Å²) in [5.74, 6) is 0.984. The van der Waals surface area contributed by atoms with Crippen LogP contribution in [0.15, 0.2) is 0 Å². The van der Waals surface area contributed by atoms with E-state index in [-0.39, 0.29) is 6.04 Å². The van der Waals surface area contributed by atoms with Gasteiger partial charge in [-0.25, -0.2) is 0 Å². The predicted octanol–water partition coefficient (Wildman–Crippen LogP) is 1.36. The summed E-state index contributed by atoms with van der Waals surface area (Å²) in [6.07, 6.45) is 5.86. The van der Waals surface area contributed by atoms with E-state index >= 15 is 0 Å². The molecule has 1 heterocycles. The maximum absolute atomic E-state index is 12.4. The van der Waals surface area contributed by atoms with Crippen molar-refractivity contribution in [1.29, 1.82) is 0 Å². The number of hydrogen-bond acceptors (Lipinski definition) is 3. The summed E-state index contributed by atoms with van der Waals surface area (Å²) >= 11 is 0. The van der Waals surface area contributed by atoms with Crippen LogP contribution < -0.4 is 0 Å². The second-order valence-electron chi connectivity index (χ2n) is 5.93. The van der Waals surface area contributed by atoms with Crippen molar-refractivity contribution >= 4 is 5.91 Å². The lowest BCUT2D eigenvalue weighted by atomic mass is 10.0. The summed E-state index contributed by atoms with van der Waals surface area (Å²) in [4.78, 5) is 16.6. The zero-order chi connectivity index (χ0) is 13.0. The first-order valence-corrected chi connectivity index (χ1v) is 7.18. The van der Waals surface area contributed by atoms with Crippen LogP contribution in [0.25, 0.3) is 0 Å². The molecule has 18 heavy (non-hydrogen) atoms. The van der Waals surface area contributed by atoms with E-state index in [0.717, 1.165) is 19.5 Å². The van der Waals surface area contributed by atoms with E-state index in [1.165, 1.54) is 25.7 Å². The van der Waals surface area contributed by atoms with Gasteiger partial charge in [0, 0.05) is 19.5 Å². The minimum Gasteiger partial charge on any atom is -0.377 e. The summed E-state index contributed by atoms with van der Waals surface area (Å²) in [5, 5.41) is 0. The molecule has 0 N–H and O–H groups in total. The van der Waals surface area contributed by atoms with E-state index in [2.05, 4.69) is 9.80 Å². The molecule has 0 aromatic rings. The van der Waals surface area contributed by atoms with Gasteiger partial charge < -0.3 is 14.5 Å². The molecule has 1 saturated carbocycles. The van der Waals surface area contributed by atoms with Crippen LogP contribution in [0.5, 0.6) is 0 Å². The first-order valence-electron chi connectivity index (χ1n) is 7.18. The fourth-order valence-electron chi connectivity index (χ4n) is 3.13. The summed E-state index contributed by atoms with van der Waals surface area (Å²) in [7, 11) is 4.10. The number of nitrogens with zero attached hydrogens (tertiary/aromatic N) is 2. The molecule has 2 rings (SSSR count). The highest BCUT2D eigenvalue weighted by Gasteiger charge is 2.29. The number of rotatable bonds is 4. The third-order valence-corrected chi connectivity index (χ3v) is 4.06. The molecule has 0 unspecified atom stereocenters. The fourth-order valence-corrected chi connectivity index (χ4v) is 3.13. The van der Waals surface area contributed by atoms with Gasteiger partial charge in [-0.15, -0.1) is 0 Å². The average molecular weight is 254 g/mol. The SMILES string of the molecule is CN(C)C[C@@H]1COCCN1C(=O)CC1CCCC1. The molecule has 2 fully saturated rings. The molecule has 0 bridgehead atoms. The van der Waals surface area contributed by atoms with Gasteiger partial charge in [0.2, 0.25) is 5.91 Å². The van der Waals surface area contributed by atoms with Crippen molar-refractivity contribution in [2.75, 3.05) is 40.4 Å². The maximum Gasteiger partial charge on any atom is 0.223 e. The van der Waals surface area contributed by atoms with Gasteiger partial charge in [0.25, 0.3) is 0 Å². The maximum atomic E-state index is 12.4.